The second kappa shape index (κ2) is 3.48. The predicted molar refractivity (Wildman–Crippen MR) is 63.2 cm³/mol. The van der Waals surface area contributed by atoms with E-state index in [4.69, 9.17) is 4.74 Å². The first-order chi connectivity index (χ1) is 7.68. The molecule has 3 rings (SSSR count). The average molecular weight is 282 g/mol. The highest BCUT2D eigenvalue weighted by Crippen LogP contribution is 2.38. The lowest BCUT2D eigenvalue weighted by molar-refractivity contribution is 0.144. The highest BCUT2D eigenvalue weighted by molar-refractivity contribution is 9.10. The molecule has 0 aromatic heterocycles. The fraction of sp³-hybridized carbons (Fsp3) is 0.417. The molecular weight excluding hydrogens is 270 g/mol. The molecule has 4 heteroatoms. The first-order valence-corrected chi connectivity index (χ1v) is 6.20. The largest absolute Gasteiger partial charge is 0.447 e. The Bertz CT molecular complexity index is 460. The van der Waals surface area contributed by atoms with E-state index < -0.39 is 0 Å². The van der Waals surface area contributed by atoms with Crippen LogP contribution in [0.25, 0.3) is 0 Å². The van der Waals surface area contributed by atoms with Gasteiger partial charge in [0.15, 0.2) is 0 Å². The number of hydrogen-bond acceptors (Lipinski definition) is 2. The minimum atomic E-state index is -0.178. The van der Waals surface area contributed by atoms with Gasteiger partial charge in [-0.05, 0) is 30.5 Å². The predicted octanol–water partition coefficient (Wildman–Crippen LogP) is 2.89. The molecule has 2 aliphatic heterocycles. The molecule has 0 saturated carbocycles. The summed E-state index contributed by atoms with van der Waals surface area (Å²) in [7, 11) is 0. The number of ether oxygens (including phenoxy) is 1. The smallest absolute Gasteiger partial charge is 0.410 e. The van der Waals surface area contributed by atoms with E-state index in [0.717, 1.165) is 10.9 Å². The second-order valence-electron chi connectivity index (χ2n) is 4.33. The molecule has 1 fully saturated rings. The molecule has 0 aliphatic carbocycles. The van der Waals surface area contributed by atoms with Gasteiger partial charge in [-0.25, -0.2) is 4.79 Å². The van der Waals surface area contributed by atoms with Crippen LogP contribution in [0.4, 0.5) is 4.79 Å². The van der Waals surface area contributed by atoms with Crippen molar-refractivity contribution in [3.05, 3.63) is 33.8 Å². The second-order valence-corrected chi connectivity index (χ2v) is 5.18. The van der Waals surface area contributed by atoms with Gasteiger partial charge in [-0.1, -0.05) is 28.1 Å². The quantitative estimate of drug-likeness (QED) is 0.732. The van der Waals surface area contributed by atoms with Crippen molar-refractivity contribution in [2.75, 3.05) is 6.61 Å². The van der Waals surface area contributed by atoms with Gasteiger partial charge in [0, 0.05) is 4.47 Å². The van der Waals surface area contributed by atoms with Crippen molar-refractivity contribution < 1.29 is 9.53 Å². The molecule has 3 nitrogen and oxygen atoms in total. The number of fused-ring (bicyclic) bond motifs is 2. The van der Waals surface area contributed by atoms with Crippen molar-refractivity contribution in [2.45, 2.75) is 25.4 Å². The molecule has 0 unspecified atom stereocenters. The molecule has 1 saturated heterocycles. The summed E-state index contributed by atoms with van der Waals surface area (Å²) in [5.41, 5.74) is 2.54. The molecule has 16 heavy (non-hydrogen) atoms. The van der Waals surface area contributed by atoms with Crippen LogP contribution in [0.1, 0.15) is 24.1 Å². The van der Waals surface area contributed by atoms with Crippen molar-refractivity contribution in [2.24, 2.45) is 0 Å². The van der Waals surface area contributed by atoms with Crippen molar-refractivity contribution in [1.29, 1.82) is 0 Å². The lowest BCUT2D eigenvalue weighted by Gasteiger charge is -2.35. The Morgan fingerprint density at radius 1 is 1.50 bits per heavy atom. The van der Waals surface area contributed by atoms with E-state index in [0.29, 0.717) is 6.61 Å². The van der Waals surface area contributed by atoms with Gasteiger partial charge in [0.05, 0.1) is 12.1 Å². The maximum absolute atomic E-state index is 11.6. The number of amides is 1. The first-order valence-electron chi connectivity index (χ1n) is 5.41. The third kappa shape index (κ3) is 1.29. The molecule has 0 radical (unpaired) electrons. The van der Waals surface area contributed by atoms with Gasteiger partial charge < -0.3 is 4.74 Å². The molecule has 1 amide bonds. The standard InChI is InChI=1S/C12H12BrNO2/c1-7-9-3-2-4-11(13)10(9)5-8-6-16-12(15)14(7)8/h2-4,7-8H,5-6H2,1H3/t7-,8+/m0/s1. The number of hydrogen-bond donors (Lipinski definition) is 0. The summed E-state index contributed by atoms with van der Waals surface area (Å²) in [6, 6.07) is 6.47. The van der Waals surface area contributed by atoms with E-state index in [1.165, 1.54) is 11.1 Å². The van der Waals surface area contributed by atoms with Crippen molar-refractivity contribution in [3.8, 4) is 0 Å². The van der Waals surface area contributed by atoms with Gasteiger partial charge in [0.1, 0.15) is 6.61 Å². The number of carbonyl (C=O) groups is 1. The Labute approximate surface area is 103 Å². The lowest BCUT2D eigenvalue weighted by atomic mass is 9.90. The average Bonchev–Trinajstić information content (AvgIpc) is 2.63. The van der Waals surface area contributed by atoms with Crippen LogP contribution in [0, 0.1) is 0 Å². The number of rotatable bonds is 0. The van der Waals surface area contributed by atoms with Crippen molar-refractivity contribution in [3.63, 3.8) is 0 Å². The Kier molecular flexibility index (Phi) is 2.21. The third-order valence-electron chi connectivity index (χ3n) is 3.47. The van der Waals surface area contributed by atoms with Crippen LogP contribution in [0.3, 0.4) is 0 Å². The number of carbonyl (C=O) groups excluding carboxylic acids is 1. The molecule has 1 aromatic carbocycles. The lowest BCUT2D eigenvalue weighted by Crippen LogP contribution is -2.41. The zero-order valence-electron chi connectivity index (χ0n) is 8.94. The maximum Gasteiger partial charge on any atom is 0.410 e. The summed E-state index contributed by atoms with van der Waals surface area (Å²) < 4.78 is 6.25. The van der Waals surface area contributed by atoms with E-state index in [1.54, 1.807) is 0 Å². The topological polar surface area (TPSA) is 29.5 Å². The zero-order valence-corrected chi connectivity index (χ0v) is 10.5. The number of nitrogens with zero attached hydrogens (tertiary/aromatic N) is 1. The van der Waals surface area contributed by atoms with Crippen LogP contribution in [-0.2, 0) is 11.2 Å². The van der Waals surface area contributed by atoms with Gasteiger partial charge in [-0.2, -0.15) is 0 Å². The van der Waals surface area contributed by atoms with Crippen molar-refractivity contribution >= 4 is 22.0 Å². The monoisotopic (exact) mass is 281 g/mol. The molecular formula is C12H12BrNO2. The minimum Gasteiger partial charge on any atom is -0.447 e. The van der Waals surface area contributed by atoms with Gasteiger partial charge >= 0.3 is 6.09 Å². The molecule has 0 bridgehead atoms. The Morgan fingerprint density at radius 3 is 3.12 bits per heavy atom. The van der Waals surface area contributed by atoms with E-state index in [-0.39, 0.29) is 18.2 Å². The van der Waals surface area contributed by atoms with Crippen LogP contribution in [-0.4, -0.2) is 23.6 Å². The Morgan fingerprint density at radius 2 is 2.31 bits per heavy atom. The molecule has 2 atom stereocenters. The van der Waals surface area contributed by atoms with Gasteiger partial charge in [0.2, 0.25) is 0 Å². The van der Waals surface area contributed by atoms with Crippen LogP contribution in [0.15, 0.2) is 22.7 Å². The van der Waals surface area contributed by atoms with Crippen LogP contribution in [0.5, 0.6) is 0 Å². The summed E-state index contributed by atoms with van der Waals surface area (Å²) in [6.45, 7) is 2.58. The summed E-state index contributed by atoms with van der Waals surface area (Å²) in [5.74, 6) is 0. The van der Waals surface area contributed by atoms with Crippen LogP contribution >= 0.6 is 15.9 Å². The van der Waals surface area contributed by atoms with E-state index in [2.05, 4.69) is 35.0 Å². The van der Waals surface area contributed by atoms with Crippen LogP contribution in [0.2, 0.25) is 0 Å². The minimum absolute atomic E-state index is 0.112. The summed E-state index contributed by atoms with van der Waals surface area (Å²) in [5, 5.41) is 0. The molecule has 2 aliphatic rings. The van der Waals surface area contributed by atoms with E-state index >= 15 is 0 Å². The first kappa shape index (κ1) is 10.1. The normalized spacial score (nSPS) is 27.4. The number of benzene rings is 1. The third-order valence-corrected chi connectivity index (χ3v) is 4.21. The molecule has 84 valence electrons. The van der Waals surface area contributed by atoms with Gasteiger partial charge in [-0.15, -0.1) is 0 Å². The fourth-order valence-electron chi connectivity index (χ4n) is 2.67. The Hall–Kier alpha value is -1.03. The van der Waals surface area contributed by atoms with Gasteiger partial charge in [0.25, 0.3) is 0 Å². The highest BCUT2D eigenvalue weighted by atomic mass is 79.9. The number of cyclic esters (lactones) is 1. The van der Waals surface area contributed by atoms with E-state index in [9.17, 15) is 4.79 Å². The molecule has 1 aromatic rings. The fourth-order valence-corrected chi connectivity index (χ4v) is 3.21. The molecule has 0 N–H and O–H groups in total. The Balaban J connectivity index is 2.10. The van der Waals surface area contributed by atoms with Gasteiger partial charge in [-0.3, -0.25) is 4.90 Å². The molecule has 2 heterocycles. The number of halogens is 1. The highest BCUT2D eigenvalue weighted by Gasteiger charge is 2.41. The van der Waals surface area contributed by atoms with Crippen LogP contribution < -0.4 is 0 Å². The maximum atomic E-state index is 11.6. The SMILES string of the molecule is C[C@H]1c2cccc(Br)c2C[C@@H]2COC(=O)N21. The van der Waals surface area contributed by atoms with Crippen molar-refractivity contribution in [1.82, 2.24) is 4.90 Å². The van der Waals surface area contributed by atoms with E-state index in [1.807, 2.05) is 11.0 Å². The molecule has 0 spiro atoms. The summed E-state index contributed by atoms with van der Waals surface area (Å²) in [4.78, 5) is 13.5. The zero-order chi connectivity index (χ0) is 11.3. The summed E-state index contributed by atoms with van der Waals surface area (Å²) in [6.07, 6.45) is 0.704. The summed E-state index contributed by atoms with van der Waals surface area (Å²) >= 11 is 3.58.